The highest BCUT2D eigenvalue weighted by atomic mass is 16.2. The molecule has 0 N–H and O–H groups in total. The lowest BCUT2D eigenvalue weighted by Crippen LogP contribution is -2.37. The van der Waals surface area contributed by atoms with Gasteiger partial charge in [0.05, 0.1) is 0 Å². The Morgan fingerprint density at radius 2 is 1.86 bits per heavy atom. The van der Waals surface area contributed by atoms with Gasteiger partial charge < -0.3 is 9.30 Å². The van der Waals surface area contributed by atoms with Crippen LogP contribution in [0, 0.1) is 18.8 Å². The summed E-state index contributed by atoms with van der Waals surface area (Å²) in [5, 5.41) is 0. The van der Waals surface area contributed by atoms with Crippen LogP contribution in [0.5, 0.6) is 0 Å². The van der Waals surface area contributed by atoms with Gasteiger partial charge in [0.25, 0.3) is 5.91 Å². The fourth-order valence-corrected chi connectivity index (χ4v) is 2.47. The lowest BCUT2D eigenvalue weighted by atomic mass is 10.1. The molecule has 4 nitrogen and oxygen atoms in total. The van der Waals surface area contributed by atoms with Crippen molar-refractivity contribution >= 4 is 11.6 Å². The highest BCUT2D eigenvalue weighted by Gasteiger charge is 2.20. The molecule has 0 aliphatic heterocycles. The number of rotatable bonds is 5. The molecule has 0 radical (unpaired) electrons. The second-order valence-electron chi connectivity index (χ2n) is 6.59. The van der Waals surface area contributed by atoms with E-state index in [4.69, 9.17) is 0 Å². The number of carbonyl (C=O) groups is 1. The molecule has 2 aromatic heterocycles. The van der Waals surface area contributed by atoms with Gasteiger partial charge in [-0.05, 0) is 36.5 Å². The van der Waals surface area contributed by atoms with Crippen LogP contribution >= 0.6 is 0 Å². The zero-order valence-corrected chi connectivity index (χ0v) is 13.6. The third-order valence-corrected chi connectivity index (χ3v) is 3.29. The van der Waals surface area contributed by atoms with Crippen molar-refractivity contribution in [3.63, 3.8) is 0 Å². The van der Waals surface area contributed by atoms with Gasteiger partial charge in [-0.1, -0.05) is 27.7 Å². The monoisotopic (exact) mass is 287 g/mol. The van der Waals surface area contributed by atoms with E-state index in [1.807, 2.05) is 40.8 Å². The quantitative estimate of drug-likeness (QED) is 0.845. The topological polar surface area (TPSA) is 37.6 Å². The zero-order valence-electron chi connectivity index (χ0n) is 13.6. The maximum atomic E-state index is 12.7. The van der Waals surface area contributed by atoms with E-state index in [1.165, 1.54) is 0 Å². The maximum absolute atomic E-state index is 12.7. The minimum absolute atomic E-state index is 0.0266. The second kappa shape index (κ2) is 6.29. The first-order chi connectivity index (χ1) is 9.86. The number of aromatic nitrogens is 2. The first-order valence-corrected chi connectivity index (χ1v) is 7.61. The van der Waals surface area contributed by atoms with Crippen LogP contribution in [0.3, 0.4) is 0 Å². The molecule has 0 saturated carbocycles. The summed E-state index contributed by atoms with van der Waals surface area (Å²) in [5.74, 6) is 0.928. The summed E-state index contributed by atoms with van der Waals surface area (Å²) in [5.41, 5.74) is 2.50. The number of hydrogen-bond acceptors (Lipinski definition) is 2. The highest BCUT2D eigenvalue weighted by Crippen LogP contribution is 2.12. The van der Waals surface area contributed by atoms with Crippen LogP contribution in [0.2, 0.25) is 0 Å². The van der Waals surface area contributed by atoms with E-state index in [-0.39, 0.29) is 5.91 Å². The third kappa shape index (κ3) is 3.84. The predicted molar refractivity (Wildman–Crippen MR) is 85.5 cm³/mol. The van der Waals surface area contributed by atoms with Crippen molar-refractivity contribution in [1.82, 2.24) is 14.3 Å². The van der Waals surface area contributed by atoms with Gasteiger partial charge in [0.15, 0.2) is 0 Å². The van der Waals surface area contributed by atoms with Crippen molar-refractivity contribution in [2.75, 3.05) is 13.1 Å². The first kappa shape index (κ1) is 15.5. The molecular formula is C17H25N3O. The van der Waals surface area contributed by atoms with E-state index >= 15 is 0 Å². The Morgan fingerprint density at radius 3 is 2.43 bits per heavy atom. The van der Waals surface area contributed by atoms with Crippen LogP contribution in [0.25, 0.3) is 5.65 Å². The molecule has 0 bridgehead atoms. The van der Waals surface area contributed by atoms with Gasteiger partial charge in [-0.3, -0.25) is 4.79 Å². The van der Waals surface area contributed by atoms with Crippen molar-refractivity contribution in [1.29, 1.82) is 0 Å². The Kier molecular flexibility index (Phi) is 4.66. The molecule has 2 rings (SSSR count). The average Bonchev–Trinajstić information content (AvgIpc) is 2.78. The fraction of sp³-hybridized carbons (Fsp3) is 0.529. The molecule has 0 unspecified atom stereocenters. The van der Waals surface area contributed by atoms with Gasteiger partial charge >= 0.3 is 0 Å². The summed E-state index contributed by atoms with van der Waals surface area (Å²) in [6.07, 6.45) is 3.77. The Balaban J connectivity index is 2.28. The van der Waals surface area contributed by atoms with Gasteiger partial charge in [0.1, 0.15) is 11.3 Å². The van der Waals surface area contributed by atoms with Crippen molar-refractivity contribution < 1.29 is 4.79 Å². The van der Waals surface area contributed by atoms with Crippen LogP contribution in [-0.4, -0.2) is 33.3 Å². The van der Waals surface area contributed by atoms with E-state index < -0.39 is 0 Å². The third-order valence-electron chi connectivity index (χ3n) is 3.29. The molecule has 0 aliphatic rings. The summed E-state index contributed by atoms with van der Waals surface area (Å²) in [4.78, 5) is 19.1. The standard InChI is InChI=1S/C17H25N3O/c1-12(2)9-20(10-13(3)4)17(21)15-11-19-7-6-14(5)8-16(19)18-15/h6-8,11-13H,9-10H2,1-5H3. The second-order valence-corrected chi connectivity index (χ2v) is 6.59. The summed E-state index contributed by atoms with van der Waals surface area (Å²) < 4.78 is 1.91. The van der Waals surface area contributed by atoms with E-state index in [2.05, 4.69) is 32.7 Å². The molecule has 0 aliphatic carbocycles. The Bertz CT molecular complexity index is 618. The fourth-order valence-electron chi connectivity index (χ4n) is 2.47. The minimum Gasteiger partial charge on any atom is -0.337 e. The molecule has 1 amide bonds. The van der Waals surface area contributed by atoms with E-state index in [9.17, 15) is 4.79 Å². The lowest BCUT2D eigenvalue weighted by Gasteiger charge is -2.25. The van der Waals surface area contributed by atoms with E-state index in [0.717, 1.165) is 24.3 Å². The van der Waals surface area contributed by atoms with Crippen LogP contribution in [0.1, 0.15) is 43.7 Å². The Morgan fingerprint density at radius 1 is 1.24 bits per heavy atom. The van der Waals surface area contributed by atoms with Crippen LogP contribution in [0.15, 0.2) is 24.5 Å². The molecular weight excluding hydrogens is 262 g/mol. The highest BCUT2D eigenvalue weighted by molar-refractivity contribution is 5.93. The molecule has 0 fully saturated rings. The molecule has 2 heterocycles. The summed E-state index contributed by atoms with van der Waals surface area (Å²) in [6.45, 7) is 12.1. The van der Waals surface area contributed by atoms with Crippen molar-refractivity contribution in [2.24, 2.45) is 11.8 Å². The van der Waals surface area contributed by atoms with Gasteiger partial charge in [-0.25, -0.2) is 4.98 Å². The van der Waals surface area contributed by atoms with E-state index in [0.29, 0.717) is 17.5 Å². The number of hydrogen-bond donors (Lipinski definition) is 0. The summed E-state index contributed by atoms with van der Waals surface area (Å²) in [7, 11) is 0. The molecule has 21 heavy (non-hydrogen) atoms. The summed E-state index contributed by atoms with van der Waals surface area (Å²) >= 11 is 0. The van der Waals surface area contributed by atoms with Gasteiger partial charge in [0.2, 0.25) is 0 Å². The minimum atomic E-state index is 0.0266. The van der Waals surface area contributed by atoms with Crippen LogP contribution in [0.4, 0.5) is 0 Å². The number of carbonyl (C=O) groups excluding carboxylic acids is 1. The number of fused-ring (bicyclic) bond motifs is 1. The van der Waals surface area contributed by atoms with Gasteiger partial charge in [-0.15, -0.1) is 0 Å². The zero-order chi connectivity index (χ0) is 15.6. The molecule has 0 spiro atoms. The smallest absolute Gasteiger partial charge is 0.274 e. The SMILES string of the molecule is Cc1ccn2cc(C(=O)N(CC(C)C)CC(C)C)nc2c1. The number of aryl methyl sites for hydroxylation is 1. The molecule has 0 atom stereocenters. The summed E-state index contributed by atoms with van der Waals surface area (Å²) in [6, 6.07) is 4.01. The number of pyridine rings is 1. The van der Waals surface area contributed by atoms with Crippen molar-refractivity contribution in [3.05, 3.63) is 35.8 Å². The molecule has 0 saturated heterocycles. The normalized spacial score (nSPS) is 11.6. The van der Waals surface area contributed by atoms with Gasteiger partial charge in [-0.2, -0.15) is 0 Å². The Hall–Kier alpha value is -1.84. The largest absolute Gasteiger partial charge is 0.337 e. The molecule has 2 aromatic rings. The lowest BCUT2D eigenvalue weighted by molar-refractivity contribution is 0.0710. The molecule has 0 aromatic carbocycles. The number of imidazole rings is 1. The average molecular weight is 287 g/mol. The number of nitrogens with zero attached hydrogens (tertiary/aromatic N) is 3. The Labute approximate surface area is 126 Å². The first-order valence-electron chi connectivity index (χ1n) is 7.61. The molecule has 114 valence electrons. The van der Waals surface area contributed by atoms with Crippen molar-refractivity contribution in [3.8, 4) is 0 Å². The molecule has 4 heteroatoms. The van der Waals surface area contributed by atoms with E-state index in [1.54, 1.807) is 0 Å². The van der Waals surface area contributed by atoms with Crippen molar-refractivity contribution in [2.45, 2.75) is 34.6 Å². The maximum Gasteiger partial charge on any atom is 0.274 e. The van der Waals surface area contributed by atoms with Crippen LogP contribution in [-0.2, 0) is 0 Å². The predicted octanol–water partition coefficient (Wildman–Crippen LogP) is 3.40. The number of amides is 1. The van der Waals surface area contributed by atoms with Crippen LogP contribution < -0.4 is 0 Å². The van der Waals surface area contributed by atoms with Gasteiger partial charge in [0, 0.05) is 25.5 Å².